The molecule has 2 aliphatic rings. The van der Waals surface area contributed by atoms with E-state index in [0.717, 1.165) is 30.4 Å². The molecule has 2 N–H and O–H groups in total. The lowest BCUT2D eigenvalue weighted by Crippen LogP contribution is -2.27. The van der Waals surface area contributed by atoms with E-state index in [4.69, 9.17) is 4.74 Å². The Kier molecular flexibility index (Phi) is 5.23. The Bertz CT molecular complexity index is 636. The molecule has 6 nitrogen and oxygen atoms in total. The number of hydrogen-bond acceptors (Lipinski definition) is 5. The van der Waals surface area contributed by atoms with E-state index in [1.165, 1.54) is 37.8 Å². The number of rotatable bonds is 7. The monoisotopic (exact) mass is 329 g/mol. The Balaban J connectivity index is 1.62. The van der Waals surface area contributed by atoms with Crippen molar-refractivity contribution in [3.05, 3.63) is 35.6 Å². The topological polar surface area (TPSA) is 65.5 Å². The maximum atomic E-state index is 5.46. The third kappa shape index (κ3) is 4.19. The number of aromatic amines is 1. The minimum Gasteiger partial charge on any atom is -0.493 e. The summed E-state index contributed by atoms with van der Waals surface area (Å²) in [6.07, 6.45) is 7.96. The molecule has 0 aromatic carbocycles. The highest BCUT2D eigenvalue weighted by molar-refractivity contribution is 5.78. The maximum Gasteiger partial charge on any atom is 0.156 e. The molecule has 1 aromatic rings. The number of H-pyrrole nitrogens is 1. The van der Waals surface area contributed by atoms with Crippen LogP contribution >= 0.6 is 0 Å². The Hall–Kier alpha value is -2.24. The molecule has 6 heteroatoms. The van der Waals surface area contributed by atoms with Crippen LogP contribution in [-0.2, 0) is 4.74 Å². The van der Waals surface area contributed by atoms with Crippen LogP contribution in [0.5, 0.6) is 0 Å². The lowest BCUT2D eigenvalue weighted by atomic mass is 10.1. The maximum absolute atomic E-state index is 5.46. The molecule has 1 saturated carbocycles. The fraction of sp³-hybridized carbons (Fsp3) is 0.556. The van der Waals surface area contributed by atoms with Gasteiger partial charge >= 0.3 is 0 Å². The van der Waals surface area contributed by atoms with Crippen LogP contribution in [0.4, 0.5) is 5.82 Å². The number of likely N-dealkylation sites (tertiary alicyclic amines) is 1. The van der Waals surface area contributed by atoms with Gasteiger partial charge in [-0.05, 0) is 39.0 Å². The van der Waals surface area contributed by atoms with Gasteiger partial charge in [-0.3, -0.25) is 5.10 Å². The largest absolute Gasteiger partial charge is 0.493 e. The molecule has 0 radical (unpaired) electrons. The van der Waals surface area contributed by atoms with Gasteiger partial charge in [0.05, 0.1) is 19.0 Å². The highest BCUT2D eigenvalue weighted by atomic mass is 16.5. The molecule has 0 amide bonds. The first-order valence-corrected chi connectivity index (χ1v) is 8.72. The summed E-state index contributed by atoms with van der Waals surface area (Å²) in [6.45, 7) is 8.10. The van der Waals surface area contributed by atoms with E-state index < -0.39 is 0 Å². The summed E-state index contributed by atoms with van der Waals surface area (Å²) in [6, 6.07) is 2.07. The average Bonchev–Trinajstić information content (AvgIpc) is 3.36. The third-order valence-electron chi connectivity index (χ3n) is 4.57. The summed E-state index contributed by atoms with van der Waals surface area (Å²) in [4.78, 5) is 6.71. The first kappa shape index (κ1) is 16.6. The van der Waals surface area contributed by atoms with Crippen molar-refractivity contribution in [1.82, 2.24) is 15.1 Å². The number of allylic oxidation sites excluding steroid dienone is 2. The van der Waals surface area contributed by atoms with Crippen molar-refractivity contribution in [1.29, 1.82) is 0 Å². The molecular weight excluding hydrogens is 302 g/mol. The molecule has 0 bridgehead atoms. The van der Waals surface area contributed by atoms with Crippen molar-refractivity contribution in [2.45, 2.75) is 44.9 Å². The van der Waals surface area contributed by atoms with Gasteiger partial charge in [0.2, 0.25) is 0 Å². The Labute approximate surface area is 143 Å². The molecule has 1 aromatic heterocycles. The van der Waals surface area contributed by atoms with Gasteiger partial charge in [-0.1, -0.05) is 6.58 Å². The van der Waals surface area contributed by atoms with E-state index in [-0.39, 0.29) is 0 Å². The Morgan fingerprint density at radius 2 is 2.17 bits per heavy atom. The second-order valence-corrected chi connectivity index (χ2v) is 6.52. The molecule has 1 aliphatic carbocycles. The lowest BCUT2D eigenvalue weighted by Gasteiger charge is -2.27. The first-order valence-electron chi connectivity index (χ1n) is 8.72. The lowest BCUT2D eigenvalue weighted by molar-refractivity contribution is 0.283. The normalized spacial score (nSPS) is 19.3. The fourth-order valence-corrected chi connectivity index (χ4v) is 2.93. The van der Waals surface area contributed by atoms with E-state index in [1.54, 1.807) is 13.3 Å². The molecular formula is C18H27N5O. The van der Waals surface area contributed by atoms with E-state index in [0.29, 0.717) is 11.7 Å². The van der Waals surface area contributed by atoms with Gasteiger partial charge in [0.25, 0.3) is 0 Å². The highest BCUT2D eigenvalue weighted by Crippen LogP contribution is 2.39. The van der Waals surface area contributed by atoms with E-state index in [9.17, 15) is 0 Å². The van der Waals surface area contributed by atoms with Crippen molar-refractivity contribution in [3.8, 4) is 0 Å². The number of anilines is 1. The molecule has 0 atom stereocenters. The Morgan fingerprint density at radius 1 is 1.42 bits per heavy atom. The van der Waals surface area contributed by atoms with E-state index >= 15 is 0 Å². The average molecular weight is 329 g/mol. The van der Waals surface area contributed by atoms with Crippen LogP contribution in [0.3, 0.4) is 0 Å². The number of hydrogen-bond donors (Lipinski definition) is 2. The number of piperidine rings is 1. The number of nitrogens with one attached hydrogen (secondary N) is 2. The van der Waals surface area contributed by atoms with Gasteiger partial charge in [0, 0.05) is 30.8 Å². The number of aromatic nitrogens is 2. The van der Waals surface area contributed by atoms with Crippen LogP contribution in [0.15, 0.2) is 34.9 Å². The van der Waals surface area contributed by atoms with E-state index in [1.807, 2.05) is 6.92 Å². The summed E-state index contributed by atoms with van der Waals surface area (Å²) in [5.74, 6) is 2.96. The molecule has 0 unspecified atom stereocenters. The number of aliphatic imine (C=N–C) groups is 1. The number of nitrogens with zero attached hydrogens (tertiary/aromatic N) is 3. The summed E-state index contributed by atoms with van der Waals surface area (Å²) in [7, 11) is 1.65. The predicted octanol–water partition coefficient (Wildman–Crippen LogP) is 3.60. The zero-order valence-electron chi connectivity index (χ0n) is 14.6. The highest BCUT2D eigenvalue weighted by Gasteiger charge is 2.25. The van der Waals surface area contributed by atoms with Gasteiger partial charge in [0.1, 0.15) is 5.82 Å². The van der Waals surface area contributed by atoms with Crippen molar-refractivity contribution in [3.63, 3.8) is 0 Å². The summed E-state index contributed by atoms with van der Waals surface area (Å²) in [5.41, 5.74) is 2.08. The molecule has 2 fully saturated rings. The second-order valence-electron chi connectivity index (χ2n) is 6.52. The summed E-state index contributed by atoms with van der Waals surface area (Å²) in [5, 5.41) is 10.7. The minimum absolute atomic E-state index is 0.661. The quantitative estimate of drug-likeness (QED) is 0.592. The van der Waals surface area contributed by atoms with Gasteiger partial charge < -0.3 is 15.0 Å². The van der Waals surface area contributed by atoms with Crippen molar-refractivity contribution in [2.75, 3.05) is 25.5 Å². The van der Waals surface area contributed by atoms with Crippen LogP contribution < -0.4 is 5.32 Å². The minimum atomic E-state index is 0.661. The molecule has 1 saturated heterocycles. The van der Waals surface area contributed by atoms with Gasteiger partial charge in [0.15, 0.2) is 11.6 Å². The van der Waals surface area contributed by atoms with Crippen molar-refractivity contribution in [2.24, 2.45) is 4.99 Å². The zero-order chi connectivity index (χ0) is 16.9. The van der Waals surface area contributed by atoms with Gasteiger partial charge in [-0.25, -0.2) is 4.99 Å². The van der Waals surface area contributed by atoms with Gasteiger partial charge in [-0.2, -0.15) is 5.10 Å². The Morgan fingerprint density at radius 3 is 2.83 bits per heavy atom. The smallest absolute Gasteiger partial charge is 0.156 e. The third-order valence-corrected chi connectivity index (χ3v) is 4.57. The molecule has 130 valence electrons. The van der Waals surface area contributed by atoms with Gasteiger partial charge in [-0.15, -0.1) is 0 Å². The fourth-order valence-electron chi connectivity index (χ4n) is 2.93. The zero-order valence-corrected chi connectivity index (χ0v) is 14.6. The number of methoxy groups -OCH3 is 1. The summed E-state index contributed by atoms with van der Waals surface area (Å²) < 4.78 is 5.46. The first-order chi connectivity index (χ1) is 11.7. The second kappa shape index (κ2) is 7.55. The van der Waals surface area contributed by atoms with Crippen LogP contribution in [0, 0.1) is 0 Å². The van der Waals surface area contributed by atoms with Crippen LogP contribution in [0.25, 0.3) is 0 Å². The predicted molar refractivity (Wildman–Crippen MR) is 97.0 cm³/mol. The molecule has 2 heterocycles. The standard InChI is InChI=1S/C18H27N5O/c1-13(20-18-11-16(21-22-18)15-7-8-15)17(24-3)12-19-14(2)23-9-5-4-6-10-23/h11-12,15H,2,4-10H2,1,3H3,(H2,20,21,22)/b17-13-,19-12-. The van der Waals surface area contributed by atoms with Crippen LogP contribution in [-0.4, -0.2) is 41.5 Å². The van der Waals surface area contributed by atoms with Crippen LogP contribution in [0.2, 0.25) is 0 Å². The molecule has 24 heavy (non-hydrogen) atoms. The molecule has 3 rings (SSSR count). The molecule has 1 aliphatic heterocycles. The number of ether oxygens (including phenoxy) is 1. The van der Waals surface area contributed by atoms with E-state index in [2.05, 4.69) is 38.1 Å². The summed E-state index contributed by atoms with van der Waals surface area (Å²) >= 11 is 0. The molecule has 0 spiro atoms. The SMILES string of the molecule is C=C(/N=C\C(OC)=C(/C)Nc1cc(C2CC2)[nH]n1)N1CCCCC1. The van der Waals surface area contributed by atoms with Crippen LogP contribution in [0.1, 0.15) is 50.6 Å². The van der Waals surface area contributed by atoms with Crippen molar-refractivity contribution < 1.29 is 4.74 Å². The van der Waals surface area contributed by atoms with Crippen molar-refractivity contribution >= 4 is 12.0 Å².